The van der Waals surface area contributed by atoms with E-state index in [1.165, 1.54) is 74.7 Å². The molecule has 0 aromatic heterocycles. The minimum absolute atomic E-state index is 0.213. The van der Waals surface area contributed by atoms with Gasteiger partial charge in [-0.1, -0.05) is 56.7 Å². The molecule has 0 atom stereocenters. The van der Waals surface area contributed by atoms with Gasteiger partial charge in [0.15, 0.2) is 0 Å². The van der Waals surface area contributed by atoms with Crippen molar-refractivity contribution in [2.24, 2.45) is 0 Å². The Labute approximate surface area is 156 Å². The first-order valence-corrected chi connectivity index (χ1v) is 10.8. The molecule has 3 nitrogen and oxygen atoms in total. The third kappa shape index (κ3) is 5.49. The fraction of sp³-hybridized carbons (Fsp3) is 0.667. The highest BCUT2D eigenvalue weighted by atomic mass is 32.2. The SMILES string of the molecule is O=C(O)CCc1ccccc1SN(C1CCCCC1)C1CCCCC1. The van der Waals surface area contributed by atoms with E-state index in [1.807, 2.05) is 18.0 Å². The van der Waals surface area contributed by atoms with Crippen LogP contribution >= 0.6 is 11.9 Å². The molecular formula is C21H31NO2S. The van der Waals surface area contributed by atoms with Gasteiger partial charge >= 0.3 is 5.97 Å². The fourth-order valence-corrected chi connectivity index (χ4v) is 5.65. The molecule has 2 aliphatic carbocycles. The van der Waals surface area contributed by atoms with Crippen LogP contribution in [-0.2, 0) is 11.2 Å². The average Bonchev–Trinajstić information content (AvgIpc) is 2.66. The summed E-state index contributed by atoms with van der Waals surface area (Å²) in [4.78, 5) is 12.2. The summed E-state index contributed by atoms with van der Waals surface area (Å²) in [6.07, 6.45) is 14.3. The van der Waals surface area contributed by atoms with Crippen molar-refractivity contribution in [1.82, 2.24) is 4.31 Å². The van der Waals surface area contributed by atoms with Crippen LogP contribution in [0.3, 0.4) is 0 Å². The minimum atomic E-state index is -0.712. The van der Waals surface area contributed by atoms with Crippen molar-refractivity contribution in [2.45, 2.75) is 94.0 Å². The summed E-state index contributed by atoms with van der Waals surface area (Å²) in [5, 5.41) is 9.04. The third-order valence-electron chi connectivity index (χ3n) is 5.65. The molecule has 0 radical (unpaired) electrons. The summed E-state index contributed by atoms with van der Waals surface area (Å²) in [6, 6.07) is 9.79. The second-order valence-corrected chi connectivity index (χ2v) is 8.58. The lowest BCUT2D eigenvalue weighted by atomic mass is 9.91. The second-order valence-electron chi connectivity index (χ2n) is 7.54. The van der Waals surface area contributed by atoms with Crippen LogP contribution < -0.4 is 0 Å². The Bertz CT molecular complexity index is 533. The zero-order valence-electron chi connectivity index (χ0n) is 15.2. The fourth-order valence-electron chi connectivity index (χ4n) is 4.27. The number of aryl methyl sites for hydroxylation is 1. The van der Waals surface area contributed by atoms with Gasteiger partial charge in [0.05, 0.1) is 0 Å². The first kappa shape index (κ1) is 18.8. The van der Waals surface area contributed by atoms with Gasteiger partial charge < -0.3 is 5.11 Å². The molecule has 3 rings (SSSR count). The van der Waals surface area contributed by atoms with Crippen LogP contribution in [0.15, 0.2) is 29.2 Å². The molecule has 0 bridgehead atoms. The van der Waals surface area contributed by atoms with Crippen molar-refractivity contribution in [3.05, 3.63) is 29.8 Å². The molecule has 0 aliphatic heterocycles. The molecule has 0 unspecified atom stereocenters. The lowest BCUT2D eigenvalue weighted by molar-refractivity contribution is -0.136. The molecule has 0 saturated heterocycles. The van der Waals surface area contributed by atoms with Gasteiger partial charge in [-0.15, -0.1) is 0 Å². The number of nitrogens with zero attached hydrogens (tertiary/aromatic N) is 1. The van der Waals surface area contributed by atoms with E-state index in [0.29, 0.717) is 18.5 Å². The maximum absolute atomic E-state index is 11.0. The van der Waals surface area contributed by atoms with Crippen LogP contribution in [0.5, 0.6) is 0 Å². The number of rotatable bonds is 7. The maximum Gasteiger partial charge on any atom is 0.303 e. The van der Waals surface area contributed by atoms with Gasteiger partial charge in [0.2, 0.25) is 0 Å². The predicted molar refractivity (Wildman–Crippen MR) is 104 cm³/mol. The Kier molecular flexibility index (Phi) is 7.23. The lowest BCUT2D eigenvalue weighted by Crippen LogP contribution is -2.40. The number of hydrogen-bond acceptors (Lipinski definition) is 3. The number of benzene rings is 1. The maximum atomic E-state index is 11.0. The number of aliphatic carboxylic acids is 1. The van der Waals surface area contributed by atoms with Crippen LogP contribution in [0.2, 0.25) is 0 Å². The van der Waals surface area contributed by atoms with E-state index in [4.69, 9.17) is 5.11 Å². The summed E-state index contributed by atoms with van der Waals surface area (Å²) in [7, 11) is 0. The number of carbonyl (C=O) groups is 1. The normalized spacial score (nSPS) is 20.0. The zero-order chi connectivity index (χ0) is 17.5. The van der Waals surface area contributed by atoms with Gasteiger partial charge in [-0.3, -0.25) is 4.79 Å². The van der Waals surface area contributed by atoms with Gasteiger partial charge in [-0.25, -0.2) is 4.31 Å². The summed E-state index contributed by atoms with van der Waals surface area (Å²) >= 11 is 1.92. The van der Waals surface area contributed by atoms with Crippen LogP contribution in [0.25, 0.3) is 0 Å². The Morgan fingerprint density at radius 1 is 0.960 bits per heavy atom. The number of carboxylic acids is 1. The Morgan fingerprint density at radius 2 is 1.52 bits per heavy atom. The molecular weight excluding hydrogens is 330 g/mol. The molecule has 4 heteroatoms. The predicted octanol–water partition coefficient (Wildman–Crippen LogP) is 5.68. The van der Waals surface area contributed by atoms with E-state index in [2.05, 4.69) is 22.5 Å². The van der Waals surface area contributed by atoms with Crippen LogP contribution in [0.4, 0.5) is 0 Å². The van der Waals surface area contributed by atoms with Crippen molar-refractivity contribution < 1.29 is 9.90 Å². The van der Waals surface area contributed by atoms with Gasteiger partial charge in [0.25, 0.3) is 0 Å². The molecule has 2 saturated carbocycles. The van der Waals surface area contributed by atoms with Gasteiger partial charge in [0.1, 0.15) is 0 Å². The standard InChI is InChI=1S/C21H31NO2S/c23-21(24)16-15-17-9-7-8-14-20(17)25-22(18-10-3-1-4-11-18)19-12-5-2-6-13-19/h7-9,14,18-19H,1-6,10-13,15-16H2,(H,23,24). The van der Waals surface area contributed by atoms with Gasteiger partial charge in [-0.2, -0.15) is 0 Å². The van der Waals surface area contributed by atoms with Crippen LogP contribution in [0, 0.1) is 0 Å². The van der Waals surface area contributed by atoms with E-state index in [0.717, 1.165) is 0 Å². The highest BCUT2D eigenvalue weighted by Gasteiger charge is 2.30. The molecule has 2 aliphatic rings. The Hall–Kier alpha value is -1.00. The highest BCUT2D eigenvalue weighted by molar-refractivity contribution is 7.97. The second kappa shape index (κ2) is 9.63. The molecule has 1 aromatic rings. The molecule has 138 valence electrons. The summed E-state index contributed by atoms with van der Waals surface area (Å²) in [5.41, 5.74) is 1.19. The smallest absolute Gasteiger partial charge is 0.303 e. The van der Waals surface area contributed by atoms with E-state index in [9.17, 15) is 4.79 Å². The molecule has 1 N–H and O–H groups in total. The monoisotopic (exact) mass is 361 g/mol. The van der Waals surface area contributed by atoms with Crippen molar-refractivity contribution in [1.29, 1.82) is 0 Å². The summed E-state index contributed by atoms with van der Waals surface area (Å²) in [5.74, 6) is -0.712. The third-order valence-corrected chi connectivity index (χ3v) is 7.06. The zero-order valence-corrected chi connectivity index (χ0v) is 16.0. The minimum Gasteiger partial charge on any atom is -0.481 e. The largest absolute Gasteiger partial charge is 0.481 e. The molecule has 25 heavy (non-hydrogen) atoms. The molecule has 0 heterocycles. The van der Waals surface area contributed by atoms with Crippen molar-refractivity contribution in [3.8, 4) is 0 Å². The van der Waals surface area contributed by atoms with E-state index < -0.39 is 5.97 Å². The molecule has 2 fully saturated rings. The van der Waals surface area contributed by atoms with Crippen molar-refractivity contribution in [2.75, 3.05) is 0 Å². The van der Waals surface area contributed by atoms with Crippen LogP contribution in [0.1, 0.15) is 76.2 Å². The van der Waals surface area contributed by atoms with Gasteiger partial charge in [-0.05, 0) is 55.7 Å². The van der Waals surface area contributed by atoms with E-state index in [1.54, 1.807) is 0 Å². The Morgan fingerprint density at radius 3 is 2.08 bits per heavy atom. The first-order valence-electron chi connectivity index (χ1n) is 10.00. The number of carboxylic acid groups (broad SMARTS) is 1. The average molecular weight is 362 g/mol. The van der Waals surface area contributed by atoms with Crippen molar-refractivity contribution >= 4 is 17.9 Å². The summed E-state index contributed by atoms with van der Waals surface area (Å²) in [6.45, 7) is 0. The lowest BCUT2D eigenvalue weighted by Gasteiger charge is -2.40. The molecule has 1 aromatic carbocycles. The van der Waals surface area contributed by atoms with E-state index in [-0.39, 0.29) is 6.42 Å². The van der Waals surface area contributed by atoms with E-state index >= 15 is 0 Å². The highest BCUT2D eigenvalue weighted by Crippen LogP contribution is 2.39. The molecule has 0 amide bonds. The molecule has 0 spiro atoms. The van der Waals surface area contributed by atoms with Gasteiger partial charge in [0, 0.05) is 23.4 Å². The first-order chi connectivity index (χ1) is 12.2. The van der Waals surface area contributed by atoms with Crippen LogP contribution in [-0.4, -0.2) is 27.5 Å². The van der Waals surface area contributed by atoms with Crippen molar-refractivity contribution in [3.63, 3.8) is 0 Å². The number of hydrogen-bond donors (Lipinski definition) is 1. The summed E-state index contributed by atoms with van der Waals surface area (Å²) < 4.78 is 2.72. The quantitative estimate of drug-likeness (QED) is 0.634. The Balaban J connectivity index is 1.75. The topological polar surface area (TPSA) is 40.5 Å².